The van der Waals surface area contributed by atoms with Gasteiger partial charge in [0.05, 0.1) is 26.4 Å². The molecule has 0 aromatic heterocycles. The third kappa shape index (κ3) is 69.0. The van der Waals surface area contributed by atoms with Crippen LogP contribution in [0.3, 0.4) is 0 Å². The average molecular weight is 1400 g/mol. The quantitative estimate of drug-likeness (QED) is 0.0222. The van der Waals surface area contributed by atoms with Gasteiger partial charge in [0.15, 0.2) is 12.2 Å². The minimum absolute atomic E-state index is 0.105. The van der Waals surface area contributed by atoms with E-state index in [1.54, 1.807) is 0 Å². The van der Waals surface area contributed by atoms with Crippen LogP contribution in [0.25, 0.3) is 0 Å². The van der Waals surface area contributed by atoms with Crippen LogP contribution in [-0.4, -0.2) is 96.7 Å². The van der Waals surface area contributed by atoms with Gasteiger partial charge in [-0.25, -0.2) is 9.13 Å². The molecular weight excluding hydrogens is 1250 g/mol. The van der Waals surface area contributed by atoms with Crippen molar-refractivity contribution < 1.29 is 80.2 Å². The summed E-state index contributed by atoms with van der Waals surface area (Å²) >= 11 is 0. The van der Waals surface area contributed by atoms with Crippen molar-refractivity contribution in [1.82, 2.24) is 0 Å². The van der Waals surface area contributed by atoms with Crippen molar-refractivity contribution in [3.05, 3.63) is 0 Å². The monoisotopic (exact) mass is 1400 g/mol. The molecule has 0 aromatic rings. The highest BCUT2D eigenvalue weighted by atomic mass is 31.2. The molecule has 3 unspecified atom stereocenters. The second-order valence-electron chi connectivity index (χ2n) is 28.6. The van der Waals surface area contributed by atoms with E-state index >= 15 is 0 Å². The summed E-state index contributed by atoms with van der Waals surface area (Å²) < 4.78 is 68.5. The lowest BCUT2D eigenvalue weighted by molar-refractivity contribution is -0.161. The fourth-order valence-corrected chi connectivity index (χ4v) is 13.1. The molecule has 0 bridgehead atoms. The van der Waals surface area contributed by atoms with Gasteiger partial charge in [0.25, 0.3) is 0 Å². The number of carbonyl (C=O) groups excluding carboxylic acids is 4. The van der Waals surface area contributed by atoms with Gasteiger partial charge in [-0.15, -0.1) is 0 Å². The van der Waals surface area contributed by atoms with Gasteiger partial charge in [-0.2, -0.15) is 0 Å². The lowest BCUT2D eigenvalue weighted by Crippen LogP contribution is -2.30. The highest BCUT2D eigenvalue weighted by Gasteiger charge is 2.30. The summed E-state index contributed by atoms with van der Waals surface area (Å²) in [7, 11) is -9.91. The fourth-order valence-electron chi connectivity index (χ4n) is 11.6. The molecule has 0 aliphatic carbocycles. The van der Waals surface area contributed by atoms with E-state index in [0.717, 1.165) is 114 Å². The Morgan fingerprint density at radius 1 is 0.305 bits per heavy atom. The molecule has 17 nitrogen and oxygen atoms in total. The topological polar surface area (TPSA) is 237 Å². The van der Waals surface area contributed by atoms with E-state index in [1.807, 2.05) is 0 Å². The molecule has 0 radical (unpaired) electrons. The minimum Gasteiger partial charge on any atom is -0.462 e. The normalized spacial score (nSPS) is 14.4. The molecule has 3 N–H and O–H groups in total. The Balaban J connectivity index is 5.26. The van der Waals surface area contributed by atoms with Gasteiger partial charge in [-0.05, 0) is 43.4 Å². The molecule has 0 aromatic carbocycles. The van der Waals surface area contributed by atoms with E-state index in [1.165, 1.54) is 193 Å². The van der Waals surface area contributed by atoms with Gasteiger partial charge < -0.3 is 33.8 Å². The smallest absolute Gasteiger partial charge is 0.462 e. The van der Waals surface area contributed by atoms with Crippen molar-refractivity contribution in [2.75, 3.05) is 39.6 Å². The summed E-state index contributed by atoms with van der Waals surface area (Å²) in [6, 6.07) is 0. The maximum Gasteiger partial charge on any atom is 0.472 e. The number of phosphoric ester groups is 2. The molecular formula is C76H148O17P2. The molecule has 0 amide bonds. The van der Waals surface area contributed by atoms with Crippen molar-refractivity contribution in [2.24, 2.45) is 17.8 Å². The second-order valence-corrected chi connectivity index (χ2v) is 31.5. The molecule has 19 heteroatoms. The summed E-state index contributed by atoms with van der Waals surface area (Å²) in [4.78, 5) is 72.8. The van der Waals surface area contributed by atoms with Crippen LogP contribution < -0.4 is 0 Å². The van der Waals surface area contributed by atoms with E-state index in [0.29, 0.717) is 25.7 Å². The molecule has 95 heavy (non-hydrogen) atoms. The Labute approximate surface area is 581 Å². The van der Waals surface area contributed by atoms with Crippen molar-refractivity contribution in [3.63, 3.8) is 0 Å². The third-order valence-electron chi connectivity index (χ3n) is 18.0. The number of rotatable bonds is 74. The van der Waals surface area contributed by atoms with E-state index in [2.05, 4.69) is 48.5 Å². The van der Waals surface area contributed by atoms with E-state index < -0.39 is 97.5 Å². The van der Waals surface area contributed by atoms with Crippen LogP contribution in [0.2, 0.25) is 0 Å². The van der Waals surface area contributed by atoms with Crippen LogP contribution in [0.5, 0.6) is 0 Å². The zero-order valence-electron chi connectivity index (χ0n) is 62.1. The number of phosphoric acid groups is 2. The SMILES string of the molecule is CCCCCCCCCCCCCCCCCCCC(=O)O[C@H](COC(=O)CCCCCCCCCCCCCCC(C)C)COP(=O)(O)OC[C@@H](O)COP(=O)(O)OC[C@@H](COC(=O)CCCCCCCCC(C)CC)OC(=O)CCCCCCCCCCCCC(C)C. The lowest BCUT2D eigenvalue weighted by atomic mass is 10.00. The van der Waals surface area contributed by atoms with Crippen LogP contribution in [0, 0.1) is 17.8 Å². The van der Waals surface area contributed by atoms with E-state index in [4.69, 9.17) is 37.0 Å². The second kappa shape index (κ2) is 66.6. The number of carbonyl (C=O) groups is 4. The molecule has 6 atom stereocenters. The summed E-state index contributed by atoms with van der Waals surface area (Å²) in [6.45, 7) is 11.9. The molecule has 0 saturated heterocycles. The zero-order chi connectivity index (χ0) is 70.1. The largest absolute Gasteiger partial charge is 0.472 e. The Morgan fingerprint density at radius 3 is 0.800 bits per heavy atom. The summed E-state index contributed by atoms with van der Waals surface area (Å²) in [6.07, 6.45) is 52.7. The molecule has 0 heterocycles. The van der Waals surface area contributed by atoms with Crippen LogP contribution in [0.15, 0.2) is 0 Å². The molecule has 0 rings (SSSR count). The lowest BCUT2D eigenvalue weighted by Gasteiger charge is -2.21. The van der Waals surface area contributed by atoms with Gasteiger partial charge in [-0.1, -0.05) is 337 Å². The van der Waals surface area contributed by atoms with Crippen LogP contribution in [-0.2, 0) is 65.4 Å². The highest BCUT2D eigenvalue weighted by molar-refractivity contribution is 7.47. The van der Waals surface area contributed by atoms with Crippen molar-refractivity contribution in [3.8, 4) is 0 Å². The molecule has 0 aliphatic heterocycles. The number of aliphatic hydroxyl groups is 1. The molecule has 0 spiro atoms. The van der Waals surface area contributed by atoms with Crippen molar-refractivity contribution in [2.45, 2.75) is 407 Å². The molecule has 0 saturated carbocycles. The predicted molar refractivity (Wildman–Crippen MR) is 386 cm³/mol. The fraction of sp³-hybridized carbons (Fsp3) is 0.947. The van der Waals surface area contributed by atoms with Crippen molar-refractivity contribution in [1.29, 1.82) is 0 Å². The van der Waals surface area contributed by atoms with E-state index in [9.17, 15) is 43.2 Å². The Kier molecular flexibility index (Phi) is 65.2. The first-order valence-corrected chi connectivity index (χ1v) is 42.4. The Morgan fingerprint density at radius 2 is 0.537 bits per heavy atom. The number of hydrogen-bond donors (Lipinski definition) is 3. The third-order valence-corrected chi connectivity index (χ3v) is 19.9. The van der Waals surface area contributed by atoms with Crippen molar-refractivity contribution >= 4 is 39.5 Å². The van der Waals surface area contributed by atoms with Crippen LogP contribution in [0.1, 0.15) is 389 Å². The first kappa shape index (κ1) is 93.1. The Hall–Kier alpha value is -1.94. The molecule has 0 fully saturated rings. The first-order valence-electron chi connectivity index (χ1n) is 39.4. The highest BCUT2D eigenvalue weighted by Crippen LogP contribution is 2.45. The minimum atomic E-state index is -4.96. The zero-order valence-corrected chi connectivity index (χ0v) is 63.9. The van der Waals surface area contributed by atoms with Gasteiger partial charge in [0.2, 0.25) is 0 Å². The summed E-state index contributed by atoms with van der Waals surface area (Å²) in [5.41, 5.74) is 0. The maximum absolute atomic E-state index is 13.1. The first-order chi connectivity index (χ1) is 45.8. The predicted octanol–water partition coefficient (Wildman–Crippen LogP) is 22.2. The Bertz CT molecular complexity index is 1850. The average Bonchev–Trinajstić information content (AvgIpc) is 1.52. The number of esters is 4. The van der Waals surface area contributed by atoms with Gasteiger partial charge >= 0.3 is 39.5 Å². The van der Waals surface area contributed by atoms with E-state index in [-0.39, 0.29) is 25.7 Å². The van der Waals surface area contributed by atoms with Gasteiger partial charge in [0.1, 0.15) is 19.3 Å². The molecule has 0 aliphatic rings. The van der Waals surface area contributed by atoms with Crippen LogP contribution in [0.4, 0.5) is 0 Å². The summed E-state index contributed by atoms with van der Waals surface area (Å²) in [5.74, 6) is 0.146. The summed E-state index contributed by atoms with van der Waals surface area (Å²) in [5, 5.41) is 10.6. The number of ether oxygens (including phenoxy) is 4. The number of unbranched alkanes of at least 4 members (excludes halogenated alkanes) is 41. The van der Waals surface area contributed by atoms with Gasteiger partial charge in [0, 0.05) is 25.7 Å². The van der Waals surface area contributed by atoms with Gasteiger partial charge in [-0.3, -0.25) is 37.3 Å². The maximum atomic E-state index is 13.1. The number of aliphatic hydroxyl groups excluding tert-OH is 1. The molecule has 564 valence electrons. The number of hydrogen-bond acceptors (Lipinski definition) is 15. The van der Waals surface area contributed by atoms with Crippen LogP contribution >= 0.6 is 15.6 Å². The standard InChI is InChI=1S/C76H148O17P2/c1-8-10-11-12-13-14-15-16-17-18-19-20-25-31-36-45-52-59-75(80)92-71(63-86-73(78)57-50-43-35-30-24-22-21-23-28-33-40-47-54-67(3)4)65-90-94(82,83)88-61-70(77)62-89-95(84,85)91-66-72(64-87-74(79)58-51-44-39-38-42-49-56-69(7)9-2)93-76(81)60-53-46-37-32-27-26-29-34-41-48-55-68(5)6/h67-72,77H,8-66H2,1-7H3,(H,82,83)(H,84,85)/t69?,70-,71-,72-/m1/s1.